The van der Waals surface area contributed by atoms with Crippen molar-refractivity contribution in [3.8, 4) is 0 Å². The summed E-state index contributed by atoms with van der Waals surface area (Å²) >= 11 is 3.42. The molecule has 0 aliphatic carbocycles. The van der Waals surface area contributed by atoms with E-state index in [1.54, 1.807) is 0 Å². The second-order valence-corrected chi connectivity index (χ2v) is 3.67. The van der Waals surface area contributed by atoms with Crippen molar-refractivity contribution < 1.29 is 0 Å². The number of benzene rings is 2. The van der Waals surface area contributed by atoms with E-state index in [1.807, 2.05) is 52.0 Å². The first-order chi connectivity index (χ1) is 7.75. The second-order valence-electron chi connectivity index (χ2n) is 2.75. The average molecular weight is 282 g/mol. The second kappa shape index (κ2) is 8.17. The lowest BCUT2D eigenvalue weighted by Crippen LogP contribution is -1.83. The topological polar surface area (TPSA) is 26.0 Å². The third-order valence-electron chi connectivity index (χ3n) is 1.83. The summed E-state index contributed by atoms with van der Waals surface area (Å²) in [5, 5.41) is 2.39. The van der Waals surface area contributed by atoms with Gasteiger partial charge in [0.05, 0.1) is 0 Å². The molecule has 0 saturated heterocycles. The van der Waals surface area contributed by atoms with Crippen LogP contribution in [-0.4, -0.2) is 0 Å². The van der Waals surface area contributed by atoms with Crippen LogP contribution < -0.4 is 5.73 Å². The standard InChI is InChI=1S/C10H8BrN.2C2H6/c11-9-3-1-7-2-4-10(12)6-8(7)5-9;2*1-2/h1-6H,12H2;2*1-2H3. The van der Waals surface area contributed by atoms with Crippen molar-refractivity contribution in [2.45, 2.75) is 27.7 Å². The molecule has 0 heterocycles. The lowest BCUT2D eigenvalue weighted by atomic mass is 10.1. The Morgan fingerprint density at radius 2 is 1.38 bits per heavy atom. The zero-order valence-electron chi connectivity index (χ0n) is 10.4. The molecule has 0 amide bonds. The normalized spacial score (nSPS) is 8.56. The number of fused-ring (bicyclic) bond motifs is 1. The molecule has 0 aromatic heterocycles. The Kier molecular flexibility index (Phi) is 7.65. The van der Waals surface area contributed by atoms with E-state index < -0.39 is 0 Å². The third-order valence-corrected chi connectivity index (χ3v) is 2.32. The van der Waals surface area contributed by atoms with Crippen LogP contribution in [0.15, 0.2) is 40.9 Å². The summed E-state index contributed by atoms with van der Waals surface area (Å²) < 4.78 is 1.08. The predicted octanol–water partition coefficient (Wildman–Crippen LogP) is 5.24. The van der Waals surface area contributed by atoms with Gasteiger partial charge in [-0.05, 0) is 35.0 Å². The maximum atomic E-state index is 5.66. The summed E-state index contributed by atoms with van der Waals surface area (Å²) in [5.74, 6) is 0. The third kappa shape index (κ3) is 4.23. The molecular formula is C14H20BrN. The van der Waals surface area contributed by atoms with E-state index in [4.69, 9.17) is 5.73 Å². The molecule has 2 aromatic carbocycles. The van der Waals surface area contributed by atoms with Crippen molar-refractivity contribution in [3.05, 3.63) is 40.9 Å². The highest BCUT2D eigenvalue weighted by Crippen LogP contribution is 2.21. The van der Waals surface area contributed by atoms with Crippen molar-refractivity contribution in [1.29, 1.82) is 0 Å². The monoisotopic (exact) mass is 281 g/mol. The van der Waals surface area contributed by atoms with E-state index in [0.717, 1.165) is 10.2 Å². The molecule has 1 nitrogen and oxygen atoms in total. The molecule has 2 rings (SSSR count). The fraction of sp³-hybridized carbons (Fsp3) is 0.286. The van der Waals surface area contributed by atoms with Crippen LogP contribution in [0, 0.1) is 0 Å². The van der Waals surface area contributed by atoms with Crippen molar-refractivity contribution >= 4 is 32.4 Å². The molecule has 0 fully saturated rings. The van der Waals surface area contributed by atoms with Crippen molar-refractivity contribution in [2.75, 3.05) is 5.73 Å². The van der Waals surface area contributed by atoms with Gasteiger partial charge in [-0.3, -0.25) is 0 Å². The van der Waals surface area contributed by atoms with Gasteiger partial charge in [-0.15, -0.1) is 0 Å². The first kappa shape index (κ1) is 15.0. The lowest BCUT2D eigenvalue weighted by Gasteiger charge is -1.99. The summed E-state index contributed by atoms with van der Waals surface area (Å²) in [4.78, 5) is 0. The molecule has 0 bridgehead atoms. The zero-order valence-corrected chi connectivity index (χ0v) is 12.0. The molecule has 0 saturated carbocycles. The van der Waals surface area contributed by atoms with E-state index in [0.29, 0.717) is 0 Å². The summed E-state index contributed by atoms with van der Waals surface area (Å²) in [6.07, 6.45) is 0. The van der Waals surface area contributed by atoms with E-state index in [-0.39, 0.29) is 0 Å². The minimum Gasteiger partial charge on any atom is -0.399 e. The van der Waals surface area contributed by atoms with Gasteiger partial charge in [-0.2, -0.15) is 0 Å². The number of rotatable bonds is 0. The van der Waals surface area contributed by atoms with Gasteiger partial charge < -0.3 is 5.73 Å². The van der Waals surface area contributed by atoms with Gasteiger partial charge in [0.25, 0.3) is 0 Å². The van der Waals surface area contributed by atoms with E-state index in [9.17, 15) is 0 Å². The van der Waals surface area contributed by atoms with E-state index in [2.05, 4.69) is 28.1 Å². The molecule has 0 radical (unpaired) electrons. The first-order valence-corrected chi connectivity index (χ1v) is 6.50. The van der Waals surface area contributed by atoms with Crippen LogP contribution in [0.25, 0.3) is 10.8 Å². The Bertz CT molecular complexity index is 387. The van der Waals surface area contributed by atoms with Gasteiger partial charge in [0.2, 0.25) is 0 Å². The van der Waals surface area contributed by atoms with Crippen molar-refractivity contribution in [2.24, 2.45) is 0 Å². The minimum atomic E-state index is 0.806. The van der Waals surface area contributed by atoms with Crippen LogP contribution in [0.1, 0.15) is 27.7 Å². The predicted molar refractivity (Wildman–Crippen MR) is 78.8 cm³/mol. The van der Waals surface area contributed by atoms with Crippen LogP contribution in [-0.2, 0) is 0 Å². The maximum absolute atomic E-state index is 5.66. The number of hydrogen-bond donors (Lipinski definition) is 1. The number of halogens is 1. The highest BCUT2D eigenvalue weighted by Gasteiger charge is 1.93. The largest absolute Gasteiger partial charge is 0.399 e. The summed E-state index contributed by atoms with van der Waals surface area (Å²) in [5.41, 5.74) is 6.46. The maximum Gasteiger partial charge on any atom is 0.0320 e. The summed E-state index contributed by atoms with van der Waals surface area (Å²) in [6, 6.07) is 12.1. The number of hydrogen-bond acceptors (Lipinski definition) is 1. The molecule has 0 atom stereocenters. The van der Waals surface area contributed by atoms with Gasteiger partial charge in [0.15, 0.2) is 0 Å². The summed E-state index contributed by atoms with van der Waals surface area (Å²) in [6.45, 7) is 8.00. The Labute approximate surface area is 107 Å². The zero-order chi connectivity index (χ0) is 12.6. The first-order valence-electron chi connectivity index (χ1n) is 5.70. The molecule has 2 aromatic rings. The Morgan fingerprint density at radius 3 is 2.00 bits per heavy atom. The van der Waals surface area contributed by atoms with Crippen LogP contribution in [0.3, 0.4) is 0 Å². The van der Waals surface area contributed by atoms with Crippen molar-refractivity contribution in [3.63, 3.8) is 0 Å². The van der Waals surface area contributed by atoms with Crippen LogP contribution in [0.5, 0.6) is 0 Å². The van der Waals surface area contributed by atoms with Crippen LogP contribution in [0.2, 0.25) is 0 Å². The molecule has 16 heavy (non-hydrogen) atoms. The Hall–Kier alpha value is -1.02. The molecule has 0 unspecified atom stereocenters. The minimum absolute atomic E-state index is 0.806. The average Bonchev–Trinajstić information content (AvgIpc) is 2.33. The van der Waals surface area contributed by atoms with E-state index >= 15 is 0 Å². The Balaban J connectivity index is 0.000000509. The molecule has 0 spiro atoms. The van der Waals surface area contributed by atoms with E-state index in [1.165, 1.54) is 10.8 Å². The van der Waals surface area contributed by atoms with Gasteiger partial charge >= 0.3 is 0 Å². The highest BCUT2D eigenvalue weighted by atomic mass is 79.9. The smallest absolute Gasteiger partial charge is 0.0320 e. The molecule has 88 valence electrons. The lowest BCUT2D eigenvalue weighted by molar-refractivity contribution is 1.50. The van der Waals surface area contributed by atoms with Gasteiger partial charge in [-0.25, -0.2) is 0 Å². The molecule has 0 aliphatic rings. The molecule has 2 N–H and O–H groups in total. The van der Waals surface area contributed by atoms with Gasteiger partial charge in [-0.1, -0.05) is 55.8 Å². The van der Waals surface area contributed by atoms with Gasteiger partial charge in [0.1, 0.15) is 0 Å². The number of anilines is 1. The summed E-state index contributed by atoms with van der Waals surface area (Å²) in [7, 11) is 0. The fourth-order valence-electron chi connectivity index (χ4n) is 1.24. The van der Waals surface area contributed by atoms with Crippen LogP contribution >= 0.6 is 15.9 Å². The molecule has 2 heteroatoms. The molecular weight excluding hydrogens is 262 g/mol. The van der Waals surface area contributed by atoms with Crippen LogP contribution in [0.4, 0.5) is 5.69 Å². The van der Waals surface area contributed by atoms with Crippen molar-refractivity contribution in [1.82, 2.24) is 0 Å². The Morgan fingerprint density at radius 1 is 0.812 bits per heavy atom. The number of nitrogen functional groups attached to an aromatic ring is 1. The number of nitrogens with two attached hydrogens (primary N) is 1. The SMILES string of the molecule is CC.CC.Nc1ccc2ccc(Br)cc2c1. The fourth-order valence-corrected chi connectivity index (χ4v) is 1.61. The van der Waals surface area contributed by atoms with Gasteiger partial charge in [0, 0.05) is 10.2 Å². The quantitative estimate of drug-likeness (QED) is 0.657. The molecule has 0 aliphatic heterocycles. The highest BCUT2D eigenvalue weighted by molar-refractivity contribution is 9.10.